The Labute approximate surface area is 150 Å². The zero-order chi connectivity index (χ0) is 18.1. The molecule has 3 aromatic rings. The molecule has 0 aromatic carbocycles. The summed E-state index contributed by atoms with van der Waals surface area (Å²) in [6.07, 6.45) is 9.94. The van der Waals surface area contributed by atoms with Crippen molar-refractivity contribution in [2.45, 2.75) is 18.9 Å². The van der Waals surface area contributed by atoms with Gasteiger partial charge < -0.3 is 9.64 Å². The molecule has 4 rings (SSSR count). The van der Waals surface area contributed by atoms with Gasteiger partial charge in [0, 0.05) is 36.6 Å². The molecule has 0 spiro atoms. The monoisotopic (exact) mass is 350 g/mol. The molecule has 0 saturated carbocycles. The van der Waals surface area contributed by atoms with Crippen molar-refractivity contribution in [3.8, 4) is 22.9 Å². The fraction of sp³-hybridized carbons (Fsp3) is 0.333. The van der Waals surface area contributed by atoms with E-state index in [0.717, 1.165) is 43.5 Å². The lowest BCUT2D eigenvalue weighted by Crippen LogP contribution is -2.33. The lowest BCUT2D eigenvalue weighted by molar-refractivity contribution is -0.119. The summed E-state index contributed by atoms with van der Waals surface area (Å²) in [5.41, 5.74) is 3.01. The smallest absolute Gasteiger partial charge is 0.209 e. The van der Waals surface area contributed by atoms with Crippen LogP contribution >= 0.6 is 0 Å². The molecule has 0 bridgehead atoms. The van der Waals surface area contributed by atoms with E-state index in [0.29, 0.717) is 22.9 Å². The number of nitriles is 1. The van der Waals surface area contributed by atoms with Crippen LogP contribution < -0.4 is 4.74 Å². The van der Waals surface area contributed by atoms with Gasteiger partial charge in [-0.05, 0) is 18.9 Å². The number of carbonyl (C=O) groups excluding carboxylic acids is 1. The van der Waals surface area contributed by atoms with Crippen molar-refractivity contribution in [1.29, 1.82) is 5.26 Å². The van der Waals surface area contributed by atoms with Gasteiger partial charge in [0.2, 0.25) is 6.41 Å². The van der Waals surface area contributed by atoms with Crippen LogP contribution in [-0.4, -0.2) is 50.9 Å². The SMILES string of the molecule is COc1cc(-c2cnn(C3CCN(C=O)CC3)c2)cn2ncc(C#N)c12. The van der Waals surface area contributed by atoms with Gasteiger partial charge in [-0.25, -0.2) is 4.52 Å². The quantitative estimate of drug-likeness (QED) is 0.670. The van der Waals surface area contributed by atoms with Gasteiger partial charge in [-0.2, -0.15) is 15.5 Å². The molecule has 26 heavy (non-hydrogen) atoms. The maximum absolute atomic E-state index is 10.8. The van der Waals surface area contributed by atoms with Crippen molar-refractivity contribution in [1.82, 2.24) is 24.3 Å². The van der Waals surface area contributed by atoms with E-state index in [9.17, 15) is 10.1 Å². The second-order valence-electron chi connectivity index (χ2n) is 6.34. The standard InChI is InChI=1S/C18H18N6O2/c1-26-17-6-13(10-24-18(17)14(7-19)8-21-24)15-9-20-23(11-15)16-2-4-22(12-25)5-3-16/h6,8-12,16H,2-5H2,1H3. The van der Waals surface area contributed by atoms with E-state index in [2.05, 4.69) is 16.3 Å². The van der Waals surface area contributed by atoms with Crippen molar-refractivity contribution in [3.05, 3.63) is 36.4 Å². The number of hydrogen-bond donors (Lipinski definition) is 0. The Bertz CT molecular complexity index is 991. The van der Waals surface area contributed by atoms with Gasteiger partial charge in [0.15, 0.2) is 0 Å². The number of pyridine rings is 1. The lowest BCUT2D eigenvalue weighted by Gasteiger charge is -2.29. The average molecular weight is 350 g/mol. The number of rotatable bonds is 4. The second kappa shape index (κ2) is 6.52. The Morgan fingerprint density at radius 3 is 2.73 bits per heavy atom. The number of nitrogens with zero attached hydrogens (tertiary/aromatic N) is 6. The highest BCUT2D eigenvalue weighted by Gasteiger charge is 2.21. The second-order valence-corrected chi connectivity index (χ2v) is 6.34. The molecule has 4 heterocycles. The minimum Gasteiger partial charge on any atom is -0.494 e. The van der Waals surface area contributed by atoms with E-state index in [1.54, 1.807) is 16.5 Å². The van der Waals surface area contributed by atoms with Gasteiger partial charge >= 0.3 is 0 Å². The van der Waals surface area contributed by atoms with Crippen molar-refractivity contribution in [2.75, 3.05) is 20.2 Å². The normalized spacial score (nSPS) is 15.2. The minimum atomic E-state index is 0.292. The Balaban J connectivity index is 1.65. The minimum absolute atomic E-state index is 0.292. The van der Waals surface area contributed by atoms with Crippen LogP contribution in [0.2, 0.25) is 0 Å². The Morgan fingerprint density at radius 2 is 2.04 bits per heavy atom. The molecule has 1 saturated heterocycles. The molecule has 0 aliphatic carbocycles. The zero-order valence-corrected chi connectivity index (χ0v) is 14.4. The van der Waals surface area contributed by atoms with Crippen molar-refractivity contribution < 1.29 is 9.53 Å². The highest BCUT2D eigenvalue weighted by Crippen LogP contribution is 2.30. The van der Waals surface area contributed by atoms with Crippen LogP contribution in [0.5, 0.6) is 5.75 Å². The predicted molar refractivity (Wildman–Crippen MR) is 93.6 cm³/mol. The highest BCUT2D eigenvalue weighted by molar-refractivity contribution is 5.74. The molecule has 132 valence electrons. The van der Waals surface area contributed by atoms with Crippen molar-refractivity contribution in [3.63, 3.8) is 0 Å². The van der Waals surface area contributed by atoms with Gasteiger partial charge in [-0.15, -0.1) is 0 Å². The number of ether oxygens (including phenoxy) is 1. The van der Waals surface area contributed by atoms with Crippen LogP contribution in [0.15, 0.2) is 30.9 Å². The van der Waals surface area contributed by atoms with Gasteiger partial charge in [0.25, 0.3) is 0 Å². The van der Waals surface area contributed by atoms with Gasteiger partial charge in [0.05, 0.1) is 25.5 Å². The van der Waals surface area contributed by atoms with E-state index in [-0.39, 0.29) is 0 Å². The highest BCUT2D eigenvalue weighted by atomic mass is 16.5. The maximum atomic E-state index is 10.8. The number of likely N-dealkylation sites (tertiary alicyclic amines) is 1. The van der Waals surface area contributed by atoms with Gasteiger partial charge in [-0.1, -0.05) is 0 Å². The van der Waals surface area contributed by atoms with Crippen LogP contribution in [0.25, 0.3) is 16.6 Å². The van der Waals surface area contributed by atoms with Crippen LogP contribution in [0, 0.1) is 11.3 Å². The van der Waals surface area contributed by atoms with E-state index in [4.69, 9.17) is 4.74 Å². The molecule has 3 aromatic heterocycles. The summed E-state index contributed by atoms with van der Waals surface area (Å²) in [5, 5.41) is 18.0. The summed E-state index contributed by atoms with van der Waals surface area (Å²) < 4.78 is 9.09. The molecular formula is C18H18N6O2. The summed E-state index contributed by atoms with van der Waals surface area (Å²) in [7, 11) is 1.58. The molecule has 1 amide bonds. The van der Waals surface area contributed by atoms with Crippen molar-refractivity contribution >= 4 is 11.9 Å². The molecule has 8 heteroatoms. The van der Waals surface area contributed by atoms with E-state index < -0.39 is 0 Å². The molecule has 1 fully saturated rings. The first kappa shape index (κ1) is 16.1. The summed E-state index contributed by atoms with van der Waals surface area (Å²) in [4.78, 5) is 12.6. The fourth-order valence-corrected chi connectivity index (χ4v) is 3.42. The number of hydrogen-bond acceptors (Lipinski definition) is 5. The Kier molecular flexibility index (Phi) is 4.05. The summed E-state index contributed by atoms with van der Waals surface area (Å²) in [5.74, 6) is 0.601. The van der Waals surface area contributed by atoms with Crippen molar-refractivity contribution in [2.24, 2.45) is 0 Å². The molecule has 0 atom stereocenters. The topological polar surface area (TPSA) is 88.4 Å². The zero-order valence-electron chi connectivity index (χ0n) is 14.4. The molecular weight excluding hydrogens is 332 g/mol. The first-order chi connectivity index (χ1) is 12.7. The third kappa shape index (κ3) is 2.67. The van der Waals surface area contributed by atoms with Crippen LogP contribution in [0.3, 0.4) is 0 Å². The van der Waals surface area contributed by atoms with E-state index >= 15 is 0 Å². The Hall–Kier alpha value is -3.34. The molecule has 0 unspecified atom stereocenters. The fourth-order valence-electron chi connectivity index (χ4n) is 3.42. The van der Waals surface area contributed by atoms with Crippen LogP contribution in [0.1, 0.15) is 24.4 Å². The largest absolute Gasteiger partial charge is 0.494 e. The number of carbonyl (C=O) groups is 1. The average Bonchev–Trinajstić information content (AvgIpc) is 3.34. The first-order valence-electron chi connectivity index (χ1n) is 8.43. The number of fused-ring (bicyclic) bond motifs is 1. The van der Waals surface area contributed by atoms with Crippen LogP contribution in [0.4, 0.5) is 0 Å². The molecule has 1 aliphatic rings. The molecule has 1 aliphatic heterocycles. The number of piperidine rings is 1. The predicted octanol–water partition coefficient (Wildman–Crippen LogP) is 1.87. The summed E-state index contributed by atoms with van der Waals surface area (Å²) >= 11 is 0. The third-order valence-corrected chi connectivity index (χ3v) is 4.87. The van der Waals surface area contributed by atoms with Gasteiger partial charge in [0.1, 0.15) is 22.9 Å². The van der Waals surface area contributed by atoms with Gasteiger partial charge in [-0.3, -0.25) is 9.48 Å². The molecule has 0 radical (unpaired) electrons. The third-order valence-electron chi connectivity index (χ3n) is 4.87. The number of aromatic nitrogens is 4. The molecule has 0 N–H and O–H groups in total. The van der Waals surface area contributed by atoms with Crippen LogP contribution in [-0.2, 0) is 4.79 Å². The van der Waals surface area contributed by atoms with E-state index in [1.807, 2.05) is 29.3 Å². The Morgan fingerprint density at radius 1 is 1.23 bits per heavy atom. The number of methoxy groups -OCH3 is 1. The number of amides is 1. The summed E-state index contributed by atoms with van der Waals surface area (Å²) in [6.45, 7) is 1.51. The summed E-state index contributed by atoms with van der Waals surface area (Å²) in [6, 6.07) is 4.32. The molecule has 8 nitrogen and oxygen atoms in total. The van der Waals surface area contributed by atoms with E-state index in [1.165, 1.54) is 6.20 Å². The first-order valence-corrected chi connectivity index (χ1v) is 8.43. The lowest BCUT2D eigenvalue weighted by atomic mass is 10.1. The maximum Gasteiger partial charge on any atom is 0.209 e.